The maximum absolute atomic E-state index is 12.7. The SMILES string of the molecule is Cc1c(-c2cc3c(s2)CNC3C)ccn2c(=O)c(C(=O)O)cc(C3CC3)c12. The first-order chi connectivity index (χ1) is 13.0. The van der Waals surface area contributed by atoms with Gasteiger partial charge in [-0.05, 0) is 73.1 Å². The molecule has 6 heteroatoms. The van der Waals surface area contributed by atoms with E-state index in [0.29, 0.717) is 12.0 Å². The molecule has 0 amide bonds. The number of carboxylic acid groups (broad SMARTS) is 1. The van der Waals surface area contributed by atoms with Gasteiger partial charge < -0.3 is 10.4 Å². The zero-order valence-electron chi connectivity index (χ0n) is 15.2. The molecule has 0 spiro atoms. The molecule has 0 bridgehead atoms. The second kappa shape index (κ2) is 5.78. The number of thiophene rings is 1. The average molecular weight is 380 g/mol. The Morgan fingerprint density at radius 2 is 2.07 bits per heavy atom. The second-order valence-corrected chi connectivity index (χ2v) is 8.70. The number of nitrogens with zero attached hydrogens (tertiary/aromatic N) is 1. The van der Waals surface area contributed by atoms with E-state index in [1.165, 1.54) is 19.7 Å². The third-order valence-electron chi connectivity index (χ3n) is 5.80. The number of pyridine rings is 2. The van der Waals surface area contributed by atoms with Gasteiger partial charge in [-0.2, -0.15) is 0 Å². The van der Waals surface area contributed by atoms with Gasteiger partial charge in [-0.3, -0.25) is 9.20 Å². The summed E-state index contributed by atoms with van der Waals surface area (Å²) in [6.45, 7) is 5.12. The summed E-state index contributed by atoms with van der Waals surface area (Å²) >= 11 is 1.80. The van der Waals surface area contributed by atoms with Gasteiger partial charge in [-0.15, -0.1) is 11.3 Å². The van der Waals surface area contributed by atoms with Crippen LogP contribution >= 0.6 is 11.3 Å². The molecule has 27 heavy (non-hydrogen) atoms. The van der Waals surface area contributed by atoms with Gasteiger partial charge in [0.15, 0.2) is 0 Å². The van der Waals surface area contributed by atoms with Crippen molar-refractivity contribution in [2.75, 3.05) is 0 Å². The fraction of sp³-hybridized carbons (Fsp3) is 0.333. The predicted molar refractivity (Wildman–Crippen MR) is 106 cm³/mol. The zero-order chi connectivity index (χ0) is 18.9. The second-order valence-electron chi connectivity index (χ2n) is 7.56. The number of carbonyl (C=O) groups is 1. The minimum atomic E-state index is -1.16. The van der Waals surface area contributed by atoms with Gasteiger partial charge in [0.1, 0.15) is 5.56 Å². The highest BCUT2D eigenvalue weighted by Crippen LogP contribution is 2.44. The molecule has 1 atom stereocenters. The first-order valence-corrected chi connectivity index (χ1v) is 10.1. The van der Waals surface area contributed by atoms with Crippen LogP contribution in [0.15, 0.2) is 29.2 Å². The third-order valence-corrected chi connectivity index (χ3v) is 6.99. The van der Waals surface area contributed by atoms with Crippen molar-refractivity contribution in [1.82, 2.24) is 9.72 Å². The maximum Gasteiger partial charge on any atom is 0.341 e. The number of hydrogen-bond acceptors (Lipinski definition) is 4. The molecule has 1 aliphatic carbocycles. The Morgan fingerprint density at radius 1 is 1.30 bits per heavy atom. The lowest BCUT2D eigenvalue weighted by molar-refractivity contribution is 0.0694. The van der Waals surface area contributed by atoms with E-state index in [1.807, 2.05) is 13.0 Å². The van der Waals surface area contributed by atoms with Gasteiger partial charge in [-0.1, -0.05) is 0 Å². The number of carboxylic acids is 1. The van der Waals surface area contributed by atoms with E-state index in [1.54, 1.807) is 23.6 Å². The van der Waals surface area contributed by atoms with E-state index in [9.17, 15) is 14.7 Å². The molecule has 3 aromatic rings. The molecule has 1 saturated carbocycles. The molecular weight excluding hydrogens is 360 g/mol. The fourth-order valence-corrected chi connectivity index (χ4v) is 5.45. The predicted octanol–water partition coefficient (Wildman–Crippen LogP) is 4.08. The van der Waals surface area contributed by atoms with E-state index in [0.717, 1.165) is 41.6 Å². The quantitative estimate of drug-likeness (QED) is 0.718. The van der Waals surface area contributed by atoms with Crippen LogP contribution in [0.1, 0.15) is 63.7 Å². The molecule has 5 rings (SSSR count). The standard InChI is InChI=1S/C21H20N2O3S/c1-10-13(17-8-14-11(2)22-9-18(14)27-17)5-6-23-19(10)15(12-3-4-12)7-16(20(23)24)21(25)26/h5-8,11-12,22H,3-4,9H2,1-2H3,(H,25,26). The van der Waals surface area contributed by atoms with Gasteiger partial charge in [0.05, 0.1) is 5.52 Å². The number of aromatic nitrogens is 1. The molecule has 3 aromatic heterocycles. The first kappa shape index (κ1) is 16.7. The Labute approximate surface area is 160 Å². The van der Waals surface area contributed by atoms with Gasteiger partial charge in [0.2, 0.25) is 0 Å². The molecule has 1 unspecified atom stereocenters. The molecule has 0 aromatic carbocycles. The van der Waals surface area contributed by atoms with Crippen molar-refractivity contribution in [2.24, 2.45) is 0 Å². The molecule has 4 heterocycles. The molecular formula is C21H20N2O3S. The van der Waals surface area contributed by atoms with Crippen molar-refractivity contribution in [1.29, 1.82) is 0 Å². The molecule has 138 valence electrons. The molecule has 0 radical (unpaired) electrons. The number of hydrogen-bond donors (Lipinski definition) is 2. The summed E-state index contributed by atoms with van der Waals surface area (Å²) in [5.74, 6) is -0.806. The lowest BCUT2D eigenvalue weighted by Gasteiger charge is -2.14. The van der Waals surface area contributed by atoms with Crippen LogP contribution in [0.2, 0.25) is 0 Å². The maximum atomic E-state index is 12.7. The molecule has 2 N–H and O–H groups in total. The van der Waals surface area contributed by atoms with Gasteiger partial charge in [0.25, 0.3) is 5.56 Å². The highest BCUT2D eigenvalue weighted by atomic mass is 32.1. The summed E-state index contributed by atoms with van der Waals surface area (Å²) < 4.78 is 1.53. The molecule has 1 fully saturated rings. The van der Waals surface area contributed by atoms with Gasteiger partial charge >= 0.3 is 5.97 Å². The number of nitrogens with one attached hydrogen (secondary N) is 1. The lowest BCUT2D eigenvalue weighted by atomic mass is 9.99. The van der Waals surface area contributed by atoms with Crippen LogP contribution in [0.25, 0.3) is 16.0 Å². The Kier molecular flexibility index (Phi) is 3.58. The Balaban J connectivity index is 1.77. The van der Waals surface area contributed by atoms with Crippen molar-refractivity contribution >= 4 is 22.8 Å². The fourth-order valence-electron chi connectivity index (χ4n) is 4.16. The summed E-state index contributed by atoms with van der Waals surface area (Å²) in [5, 5.41) is 12.9. The Morgan fingerprint density at radius 3 is 2.74 bits per heavy atom. The monoisotopic (exact) mass is 380 g/mol. The molecule has 1 aliphatic heterocycles. The Hall–Kier alpha value is -2.44. The van der Waals surface area contributed by atoms with Crippen molar-refractivity contribution in [3.63, 3.8) is 0 Å². The van der Waals surface area contributed by atoms with Gasteiger partial charge in [-0.25, -0.2) is 4.79 Å². The number of fused-ring (bicyclic) bond motifs is 2. The summed E-state index contributed by atoms with van der Waals surface area (Å²) in [5.41, 5.74) is 4.81. The van der Waals surface area contributed by atoms with Crippen LogP contribution in [-0.4, -0.2) is 15.5 Å². The smallest absolute Gasteiger partial charge is 0.341 e. The number of aromatic carboxylic acids is 1. The molecule has 2 aliphatic rings. The number of rotatable bonds is 3. The topological polar surface area (TPSA) is 70.8 Å². The summed E-state index contributed by atoms with van der Waals surface area (Å²) in [7, 11) is 0. The number of aryl methyl sites for hydroxylation is 1. The van der Waals surface area contributed by atoms with Crippen LogP contribution in [-0.2, 0) is 6.54 Å². The molecule has 5 nitrogen and oxygen atoms in total. The highest BCUT2D eigenvalue weighted by Gasteiger charge is 2.30. The summed E-state index contributed by atoms with van der Waals surface area (Å²) in [6, 6.07) is 6.18. The average Bonchev–Trinajstić information content (AvgIpc) is 3.30. The van der Waals surface area contributed by atoms with E-state index in [-0.39, 0.29) is 5.56 Å². The van der Waals surface area contributed by atoms with Crippen molar-refractivity contribution in [3.05, 3.63) is 61.9 Å². The van der Waals surface area contributed by atoms with Crippen LogP contribution in [0, 0.1) is 6.92 Å². The van der Waals surface area contributed by atoms with E-state index in [2.05, 4.69) is 18.3 Å². The largest absolute Gasteiger partial charge is 0.477 e. The first-order valence-electron chi connectivity index (χ1n) is 9.24. The van der Waals surface area contributed by atoms with Gasteiger partial charge in [0, 0.05) is 28.5 Å². The minimum Gasteiger partial charge on any atom is -0.477 e. The van der Waals surface area contributed by atoms with Crippen LogP contribution in [0.3, 0.4) is 0 Å². The Bertz CT molecular complexity index is 1170. The van der Waals surface area contributed by atoms with Crippen molar-refractivity contribution in [2.45, 2.75) is 45.2 Å². The highest BCUT2D eigenvalue weighted by molar-refractivity contribution is 7.15. The minimum absolute atomic E-state index is 0.142. The van der Waals surface area contributed by atoms with Crippen LogP contribution < -0.4 is 10.9 Å². The summed E-state index contributed by atoms with van der Waals surface area (Å²) in [6.07, 6.45) is 3.84. The van der Waals surface area contributed by atoms with Crippen LogP contribution in [0.5, 0.6) is 0 Å². The third kappa shape index (κ3) is 2.47. The van der Waals surface area contributed by atoms with E-state index < -0.39 is 11.5 Å². The zero-order valence-corrected chi connectivity index (χ0v) is 16.0. The molecule has 0 saturated heterocycles. The lowest BCUT2D eigenvalue weighted by Crippen LogP contribution is -2.23. The van der Waals surface area contributed by atoms with Crippen molar-refractivity contribution < 1.29 is 9.90 Å². The summed E-state index contributed by atoms with van der Waals surface area (Å²) in [4.78, 5) is 26.8. The normalized spacial score (nSPS) is 18.8. The van der Waals surface area contributed by atoms with E-state index in [4.69, 9.17) is 0 Å². The van der Waals surface area contributed by atoms with Crippen molar-refractivity contribution in [3.8, 4) is 10.4 Å². The van der Waals surface area contributed by atoms with E-state index >= 15 is 0 Å². The van der Waals surface area contributed by atoms with Crippen LogP contribution in [0.4, 0.5) is 0 Å².